The molecule has 0 saturated heterocycles. The Morgan fingerprint density at radius 1 is 1.13 bits per heavy atom. The lowest BCUT2D eigenvalue weighted by molar-refractivity contribution is 0.0506. The van der Waals surface area contributed by atoms with E-state index in [1.54, 1.807) is 0 Å². The minimum Gasteiger partial charge on any atom is -0.393 e. The largest absolute Gasteiger partial charge is 0.393 e. The van der Waals surface area contributed by atoms with Crippen LogP contribution in [0.3, 0.4) is 0 Å². The van der Waals surface area contributed by atoms with E-state index in [1.807, 2.05) is 6.92 Å². The molecule has 2 saturated carbocycles. The summed E-state index contributed by atoms with van der Waals surface area (Å²) < 4.78 is 0. The van der Waals surface area contributed by atoms with Crippen LogP contribution >= 0.6 is 0 Å². The number of allylic oxidation sites excluding steroid dienone is 4. The maximum atomic E-state index is 10.6. The lowest BCUT2D eigenvalue weighted by Crippen LogP contribution is -2.38. The van der Waals surface area contributed by atoms with Crippen molar-refractivity contribution in [3.63, 3.8) is 0 Å². The maximum absolute atomic E-state index is 10.6. The Morgan fingerprint density at radius 2 is 1.87 bits per heavy atom. The first-order valence-corrected chi connectivity index (χ1v) is 12.5. The van der Waals surface area contributed by atoms with Gasteiger partial charge in [0.05, 0.1) is 11.7 Å². The quantitative estimate of drug-likeness (QED) is 0.467. The van der Waals surface area contributed by atoms with Gasteiger partial charge < -0.3 is 10.2 Å². The first-order valence-electron chi connectivity index (χ1n) is 12.5. The van der Waals surface area contributed by atoms with Crippen molar-refractivity contribution in [2.45, 2.75) is 105 Å². The molecule has 2 N–H and O–H groups in total. The van der Waals surface area contributed by atoms with E-state index in [0.29, 0.717) is 23.2 Å². The van der Waals surface area contributed by atoms with Crippen molar-refractivity contribution in [2.24, 2.45) is 35.0 Å². The highest BCUT2D eigenvalue weighted by Crippen LogP contribution is 2.60. The molecule has 2 heteroatoms. The van der Waals surface area contributed by atoms with E-state index in [-0.39, 0.29) is 12.0 Å². The van der Waals surface area contributed by atoms with Gasteiger partial charge in [0.25, 0.3) is 0 Å². The molecule has 7 atom stereocenters. The summed E-state index contributed by atoms with van der Waals surface area (Å²) in [5.74, 6) is 2.88. The van der Waals surface area contributed by atoms with Gasteiger partial charge in [0.15, 0.2) is 0 Å². The SMILES string of the molecule is CC1=C(/C=C/C2CCCC3(C)C2CC[C@@H]3C(C)/C=C/[C@@](C)(O)C(C)C)C[C@@H](O)CC1. The number of aliphatic hydroxyl groups is 2. The number of hydrogen-bond acceptors (Lipinski definition) is 2. The molecule has 0 aromatic rings. The zero-order chi connectivity index (χ0) is 22.1. The second-order valence-corrected chi connectivity index (χ2v) is 11.5. The maximum Gasteiger partial charge on any atom is 0.0822 e. The van der Waals surface area contributed by atoms with Crippen molar-refractivity contribution in [1.82, 2.24) is 0 Å². The third-order valence-corrected chi connectivity index (χ3v) is 9.19. The number of fused-ring (bicyclic) bond motifs is 1. The van der Waals surface area contributed by atoms with Gasteiger partial charge >= 0.3 is 0 Å². The number of rotatable bonds is 6. The second kappa shape index (κ2) is 9.33. The summed E-state index contributed by atoms with van der Waals surface area (Å²) in [6.07, 6.45) is 18.5. The molecule has 30 heavy (non-hydrogen) atoms. The summed E-state index contributed by atoms with van der Waals surface area (Å²) in [6, 6.07) is 0. The summed E-state index contributed by atoms with van der Waals surface area (Å²) in [5.41, 5.74) is 2.52. The third kappa shape index (κ3) is 4.96. The van der Waals surface area contributed by atoms with Gasteiger partial charge in [-0.1, -0.05) is 64.0 Å². The van der Waals surface area contributed by atoms with E-state index in [1.165, 1.54) is 43.3 Å². The molecule has 3 aliphatic rings. The molecule has 0 bridgehead atoms. The highest BCUT2D eigenvalue weighted by atomic mass is 16.3. The first kappa shape index (κ1) is 23.8. The van der Waals surface area contributed by atoms with Crippen LogP contribution in [0.15, 0.2) is 35.5 Å². The van der Waals surface area contributed by atoms with E-state index in [0.717, 1.165) is 25.2 Å². The lowest BCUT2D eigenvalue weighted by Gasteiger charge is -2.46. The molecule has 0 radical (unpaired) electrons. The summed E-state index contributed by atoms with van der Waals surface area (Å²) in [4.78, 5) is 0. The Hall–Kier alpha value is -0.860. The molecule has 0 aromatic heterocycles. The fourth-order valence-corrected chi connectivity index (χ4v) is 6.58. The Kier molecular flexibility index (Phi) is 7.40. The van der Waals surface area contributed by atoms with E-state index in [4.69, 9.17) is 0 Å². The van der Waals surface area contributed by atoms with Crippen LogP contribution in [0.4, 0.5) is 0 Å². The van der Waals surface area contributed by atoms with E-state index < -0.39 is 5.60 Å². The Balaban J connectivity index is 1.72. The molecule has 3 rings (SSSR count). The van der Waals surface area contributed by atoms with Gasteiger partial charge in [0, 0.05) is 0 Å². The van der Waals surface area contributed by atoms with Gasteiger partial charge in [0.2, 0.25) is 0 Å². The topological polar surface area (TPSA) is 40.5 Å². The summed E-state index contributed by atoms with van der Waals surface area (Å²) in [5, 5.41) is 20.7. The zero-order valence-electron chi connectivity index (χ0n) is 20.3. The normalized spacial score (nSPS) is 38.4. The molecule has 2 nitrogen and oxygen atoms in total. The molecular weight excluding hydrogens is 368 g/mol. The van der Waals surface area contributed by atoms with Crippen molar-refractivity contribution in [3.8, 4) is 0 Å². The fourth-order valence-electron chi connectivity index (χ4n) is 6.58. The molecule has 2 fully saturated rings. The van der Waals surface area contributed by atoms with Crippen molar-refractivity contribution in [1.29, 1.82) is 0 Å². The van der Waals surface area contributed by atoms with Crippen LogP contribution < -0.4 is 0 Å². The Bertz CT molecular complexity index is 683. The molecule has 4 unspecified atom stereocenters. The number of hydrogen-bond donors (Lipinski definition) is 2. The van der Waals surface area contributed by atoms with Crippen molar-refractivity contribution < 1.29 is 10.2 Å². The van der Waals surface area contributed by atoms with E-state index >= 15 is 0 Å². The highest BCUT2D eigenvalue weighted by Gasteiger charge is 2.51. The Labute approximate surface area is 185 Å². The summed E-state index contributed by atoms with van der Waals surface area (Å²) >= 11 is 0. The predicted octanol–water partition coefficient (Wildman–Crippen LogP) is 6.84. The van der Waals surface area contributed by atoms with Gasteiger partial charge in [-0.3, -0.25) is 0 Å². The molecule has 3 aliphatic carbocycles. The monoisotopic (exact) mass is 414 g/mol. The zero-order valence-corrected chi connectivity index (χ0v) is 20.3. The second-order valence-electron chi connectivity index (χ2n) is 11.5. The molecular formula is C28H46O2. The first-order chi connectivity index (χ1) is 14.0. The van der Waals surface area contributed by atoms with Crippen LogP contribution in [0.2, 0.25) is 0 Å². The molecule has 0 aliphatic heterocycles. The lowest BCUT2D eigenvalue weighted by atomic mass is 9.59. The van der Waals surface area contributed by atoms with Crippen LogP contribution in [-0.4, -0.2) is 21.9 Å². The van der Waals surface area contributed by atoms with Crippen molar-refractivity contribution in [2.75, 3.05) is 0 Å². The van der Waals surface area contributed by atoms with E-state index in [2.05, 4.69) is 58.9 Å². The van der Waals surface area contributed by atoms with Crippen LogP contribution in [0, 0.1) is 35.0 Å². The van der Waals surface area contributed by atoms with Crippen molar-refractivity contribution in [3.05, 3.63) is 35.5 Å². The van der Waals surface area contributed by atoms with Crippen LogP contribution in [0.25, 0.3) is 0 Å². The van der Waals surface area contributed by atoms with Gasteiger partial charge in [-0.2, -0.15) is 0 Å². The third-order valence-electron chi connectivity index (χ3n) is 9.19. The van der Waals surface area contributed by atoms with Crippen molar-refractivity contribution >= 4 is 0 Å². The molecule has 0 amide bonds. The molecule has 0 heterocycles. The van der Waals surface area contributed by atoms with Gasteiger partial charge in [-0.05, 0) is 99.4 Å². The minimum atomic E-state index is -0.721. The summed E-state index contributed by atoms with van der Waals surface area (Å²) in [7, 11) is 0. The standard InChI is InChI=1S/C28H46O2/c1-19(2)28(6,30)17-15-21(4)25-13-14-26-22(8-7-16-27(25,26)5)10-11-23-18-24(29)12-9-20(23)3/h10-11,15,17,19,21-22,24-26,29-30H,7-9,12-14,16,18H2,1-6H3/b11-10+,17-15+/t21?,22?,24-,25+,26?,27?,28+/m0/s1. The average molecular weight is 415 g/mol. The minimum absolute atomic E-state index is 0.156. The average Bonchev–Trinajstić information content (AvgIpc) is 3.04. The van der Waals surface area contributed by atoms with Crippen LogP contribution in [-0.2, 0) is 0 Å². The van der Waals surface area contributed by atoms with E-state index in [9.17, 15) is 10.2 Å². The predicted molar refractivity (Wildman–Crippen MR) is 127 cm³/mol. The summed E-state index contributed by atoms with van der Waals surface area (Å²) in [6.45, 7) is 13.3. The van der Waals surface area contributed by atoms with Crippen LogP contribution in [0.5, 0.6) is 0 Å². The van der Waals surface area contributed by atoms with Gasteiger partial charge in [0.1, 0.15) is 0 Å². The molecule has 0 spiro atoms. The highest BCUT2D eigenvalue weighted by molar-refractivity contribution is 5.28. The Morgan fingerprint density at radius 3 is 2.57 bits per heavy atom. The van der Waals surface area contributed by atoms with Crippen LogP contribution in [0.1, 0.15) is 92.9 Å². The molecule has 170 valence electrons. The van der Waals surface area contributed by atoms with Gasteiger partial charge in [-0.25, -0.2) is 0 Å². The number of aliphatic hydroxyl groups excluding tert-OH is 1. The smallest absolute Gasteiger partial charge is 0.0822 e. The van der Waals surface area contributed by atoms with Gasteiger partial charge in [-0.15, -0.1) is 0 Å². The molecule has 0 aromatic carbocycles. The fraction of sp³-hybridized carbons (Fsp3) is 0.786.